The van der Waals surface area contributed by atoms with Gasteiger partial charge in [-0.05, 0) is 58.2 Å². The van der Waals surface area contributed by atoms with Gasteiger partial charge in [-0.1, -0.05) is 6.42 Å². The van der Waals surface area contributed by atoms with Crippen LogP contribution in [0, 0.1) is 0 Å². The van der Waals surface area contributed by atoms with E-state index in [1.807, 2.05) is 11.8 Å². The first kappa shape index (κ1) is 17.1. The third kappa shape index (κ3) is 4.54. The van der Waals surface area contributed by atoms with Gasteiger partial charge >= 0.3 is 0 Å². The Hall–Kier alpha value is 0.0700. The molecule has 0 aromatic rings. The molecule has 112 valence electrons. The third-order valence-corrected chi connectivity index (χ3v) is 5.51. The van der Waals surface area contributed by atoms with Crippen LogP contribution in [0.15, 0.2) is 0 Å². The molecule has 3 atom stereocenters. The fraction of sp³-hybridized carbons (Fsp3) is 0.929. The highest BCUT2D eigenvalue weighted by Gasteiger charge is 2.35. The fourth-order valence-corrected chi connectivity index (χ4v) is 3.91. The number of nitrogens with one attached hydrogen (secondary N) is 2. The topological polar surface area (TPSA) is 41.1 Å². The van der Waals surface area contributed by atoms with Gasteiger partial charge in [0.05, 0.1) is 5.54 Å². The molecule has 3 unspecified atom stereocenters. The highest BCUT2D eigenvalue weighted by atomic mass is 35.5. The lowest BCUT2D eigenvalue weighted by Crippen LogP contribution is -2.59. The Morgan fingerprint density at radius 1 is 1.32 bits per heavy atom. The number of piperidine rings is 1. The molecule has 0 aromatic carbocycles. The molecule has 1 aliphatic heterocycles. The number of carbonyl (C=O) groups is 1. The van der Waals surface area contributed by atoms with Gasteiger partial charge in [-0.2, -0.15) is 11.8 Å². The van der Waals surface area contributed by atoms with Gasteiger partial charge in [0.15, 0.2) is 0 Å². The van der Waals surface area contributed by atoms with Crippen molar-refractivity contribution < 1.29 is 4.79 Å². The van der Waals surface area contributed by atoms with E-state index in [0.29, 0.717) is 6.04 Å². The minimum Gasteiger partial charge on any atom is -0.352 e. The summed E-state index contributed by atoms with van der Waals surface area (Å²) in [6.07, 6.45) is 10.4. The van der Waals surface area contributed by atoms with Gasteiger partial charge in [-0.25, -0.2) is 0 Å². The second-order valence-corrected chi connectivity index (χ2v) is 7.05. The Balaban J connectivity index is 0.00000180. The Bertz CT molecular complexity index is 295. The maximum absolute atomic E-state index is 12.4. The maximum atomic E-state index is 12.4. The van der Waals surface area contributed by atoms with Gasteiger partial charge in [-0.3, -0.25) is 4.79 Å². The van der Waals surface area contributed by atoms with E-state index in [4.69, 9.17) is 0 Å². The zero-order chi connectivity index (χ0) is 13.0. The van der Waals surface area contributed by atoms with Crippen molar-refractivity contribution in [2.75, 3.05) is 12.8 Å². The number of hydrogen-bond donors (Lipinski definition) is 2. The first-order valence-electron chi connectivity index (χ1n) is 7.23. The minimum atomic E-state index is -0.329. The van der Waals surface area contributed by atoms with E-state index < -0.39 is 0 Å². The highest BCUT2D eigenvalue weighted by Crippen LogP contribution is 2.27. The molecule has 1 saturated heterocycles. The van der Waals surface area contributed by atoms with Crippen molar-refractivity contribution in [1.82, 2.24) is 10.6 Å². The number of rotatable bonds is 3. The lowest BCUT2D eigenvalue weighted by molar-refractivity contribution is -0.128. The summed E-state index contributed by atoms with van der Waals surface area (Å²) in [5.41, 5.74) is -0.329. The second-order valence-electron chi connectivity index (χ2n) is 5.91. The summed E-state index contributed by atoms with van der Waals surface area (Å²) < 4.78 is 0. The summed E-state index contributed by atoms with van der Waals surface area (Å²) in [7, 11) is 0. The van der Waals surface area contributed by atoms with E-state index in [1.165, 1.54) is 19.3 Å². The Kier molecular flexibility index (Phi) is 6.98. The fourth-order valence-electron chi connectivity index (χ4n) is 3.08. The van der Waals surface area contributed by atoms with Crippen LogP contribution in [0.5, 0.6) is 0 Å². The summed E-state index contributed by atoms with van der Waals surface area (Å²) in [5.74, 6) is 0.217. The first-order valence-corrected chi connectivity index (χ1v) is 8.51. The Labute approximate surface area is 127 Å². The van der Waals surface area contributed by atoms with Crippen LogP contribution in [-0.2, 0) is 4.79 Å². The molecule has 3 nitrogen and oxygen atoms in total. The van der Waals surface area contributed by atoms with Crippen molar-refractivity contribution in [1.29, 1.82) is 0 Å². The van der Waals surface area contributed by atoms with Gasteiger partial charge in [0.1, 0.15) is 0 Å². The van der Waals surface area contributed by atoms with Crippen LogP contribution >= 0.6 is 24.2 Å². The predicted molar refractivity (Wildman–Crippen MR) is 85.2 cm³/mol. The molecule has 0 spiro atoms. The quantitative estimate of drug-likeness (QED) is 0.842. The van der Waals surface area contributed by atoms with Crippen molar-refractivity contribution in [3.63, 3.8) is 0 Å². The minimum absolute atomic E-state index is 0. The molecule has 2 N–H and O–H groups in total. The molecule has 19 heavy (non-hydrogen) atoms. The SMILES string of the molecule is CSC1CCCC(NC(=O)C2(C)CCCCN2)C1.Cl. The van der Waals surface area contributed by atoms with E-state index in [1.54, 1.807) is 0 Å². The van der Waals surface area contributed by atoms with E-state index in [0.717, 1.165) is 37.5 Å². The average Bonchev–Trinajstić information content (AvgIpc) is 2.40. The van der Waals surface area contributed by atoms with Crippen LogP contribution in [0.4, 0.5) is 0 Å². The van der Waals surface area contributed by atoms with Crippen LogP contribution in [-0.4, -0.2) is 35.5 Å². The maximum Gasteiger partial charge on any atom is 0.240 e. The molecular formula is C14H27ClN2OS. The van der Waals surface area contributed by atoms with E-state index in [9.17, 15) is 4.79 Å². The van der Waals surface area contributed by atoms with Crippen molar-refractivity contribution in [2.24, 2.45) is 0 Å². The normalized spacial score (nSPS) is 35.3. The van der Waals surface area contributed by atoms with Crippen LogP contribution in [0.1, 0.15) is 51.9 Å². The molecule has 1 aliphatic carbocycles. The summed E-state index contributed by atoms with van der Waals surface area (Å²) in [6, 6.07) is 0.393. The van der Waals surface area contributed by atoms with Crippen molar-refractivity contribution in [3.05, 3.63) is 0 Å². The summed E-state index contributed by atoms with van der Waals surface area (Å²) >= 11 is 1.94. The second kappa shape index (κ2) is 7.75. The van der Waals surface area contributed by atoms with Crippen molar-refractivity contribution >= 4 is 30.1 Å². The van der Waals surface area contributed by atoms with Gasteiger partial charge in [-0.15, -0.1) is 12.4 Å². The Morgan fingerprint density at radius 2 is 2.11 bits per heavy atom. The van der Waals surface area contributed by atoms with Crippen LogP contribution < -0.4 is 10.6 Å². The summed E-state index contributed by atoms with van der Waals surface area (Å²) in [4.78, 5) is 12.4. The molecule has 5 heteroatoms. The number of amides is 1. The molecule has 1 amide bonds. The van der Waals surface area contributed by atoms with Crippen LogP contribution in [0.25, 0.3) is 0 Å². The lowest BCUT2D eigenvalue weighted by Gasteiger charge is -2.36. The zero-order valence-corrected chi connectivity index (χ0v) is 13.7. The van der Waals surface area contributed by atoms with E-state index >= 15 is 0 Å². The molecule has 0 radical (unpaired) electrons. The highest BCUT2D eigenvalue weighted by molar-refractivity contribution is 7.99. The molecule has 0 bridgehead atoms. The van der Waals surface area contributed by atoms with Gasteiger partial charge in [0, 0.05) is 11.3 Å². The molecule has 2 fully saturated rings. The number of halogens is 1. The average molecular weight is 307 g/mol. The van der Waals surface area contributed by atoms with Crippen molar-refractivity contribution in [3.8, 4) is 0 Å². The number of carbonyl (C=O) groups excluding carboxylic acids is 1. The van der Waals surface area contributed by atoms with E-state index in [-0.39, 0.29) is 23.9 Å². The smallest absolute Gasteiger partial charge is 0.240 e. The standard InChI is InChI=1S/C14H26N2OS.ClH/c1-14(8-3-4-9-15-14)13(17)16-11-6-5-7-12(10-11)18-2;/h11-12,15H,3-10H2,1-2H3,(H,16,17);1H. The van der Waals surface area contributed by atoms with Crippen molar-refractivity contribution in [2.45, 2.75) is 68.7 Å². The van der Waals surface area contributed by atoms with Crippen LogP contribution in [0.2, 0.25) is 0 Å². The number of hydrogen-bond acceptors (Lipinski definition) is 3. The predicted octanol–water partition coefficient (Wildman–Crippen LogP) is 2.73. The molecule has 2 rings (SSSR count). The van der Waals surface area contributed by atoms with Crippen LogP contribution in [0.3, 0.4) is 0 Å². The molecular weight excluding hydrogens is 280 g/mol. The third-order valence-electron chi connectivity index (χ3n) is 4.41. The summed E-state index contributed by atoms with van der Waals surface area (Å²) in [6.45, 7) is 3.03. The largest absolute Gasteiger partial charge is 0.352 e. The summed E-state index contributed by atoms with van der Waals surface area (Å²) in [5, 5.41) is 7.40. The van der Waals surface area contributed by atoms with Gasteiger partial charge in [0.25, 0.3) is 0 Å². The molecule has 1 saturated carbocycles. The Morgan fingerprint density at radius 3 is 2.74 bits per heavy atom. The molecule has 2 aliphatic rings. The van der Waals surface area contributed by atoms with E-state index in [2.05, 4.69) is 23.8 Å². The monoisotopic (exact) mass is 306 g/mol. The van der Waals surface area contributed by atoms with Gasteiger partial charge in [0.2, 0.25) is 5.91 Å². The molecule has 1 heterocycles. The lowest BCUT2D eigenvalue weighted by atomic mass is 9.88. The van der Waals surface area contributed by atoms with Gasteiger partial charge < -0.3 is 10.6 Å². The first-order chi connectivity index (χ1) is 8.64. The number of thioether (sulfide) groups is 1. The molecule has 0 aromatic heterocycles. The zero-order valence-electron chi connectivity index (χ0n) is 12.0.